The Labute approximate surface area is 207 Å². The van der Waals surface area contributed by atoms with Crippen molar-refractivity contribution in [2.24, 2.45) is 0 Å². The van der Waals surface area contributed by atoms with E-state index >= 15 is 0 Å². The maximum Gasteiger partial charge on any atom is 0.322 e. The number of hydrogen-bond acceptors (Lipinski definition) is 5. The third kappa shape index (κ3) is 5.01. The van der Waals surface area contributed by atoms with E-state index in [0.717, 1.165) is 16.0 Å². The zero-order valence-corrected chi connectivity index (χ0v) is 21.3. The van der Waals surface area contributed by atoms with Crippen molar-refractivity contribution in [2.75, 3.05) is 38.7 Å². The second-order valence-corrected chi connectivity index (χ2v) is 9.41. The quantitative estimate of drug-likeness (QED) is 0.521. The van der Waals surface area contributed by atoms with Crippen molar-refractivity contribution in [2.45, 2.75) is 32.5 Å². The van der Waals surface area contributed by atoms with Crippen molar-refractivity contribution in [1.82, 2.24) is 19.4 Å². The van der Waals surface area contributed by atoms with E-state index in [1.54, 1.807) is 11.7 Å². The minimum atomic E-state index is -0.118. The van der Waals surface area contributed by atoms with E-state index in [0.29, 0.717) is 43.7 Å². The van der Waals surface area contributed by atoms with Crippen molar-refractivity contribution >= 4 is 38.6 Å². The van der Waals surface area contributed by atoms with Gasteiger partial charge in [-0.3, -0.25) is 14.3 Å². The molecule has 1 fully saturated rings. The van der Waals surface area contributed by atoms with Gasteiger partial charge >= 0.3 is 6.03 Å². The van der Waals surface area contributed by atoms with Gasteiger partial charge in [0.25, 0.3) is 5.56 Å². The molecule has 2 atom stereocenters. The van der Waals surface area contributed by atoms with E-state index in [1.165, 1.54) is 0 Å². The molecule has 2 aromatic carbocycles. The molecule has 1 aromatic heterocycles. The highest BCUT2D eigenvalue weighted by molar-refractivity contribution is 9.10. The number of carbonyl (C=O) groups is 1. The average molecular weight is 528 g/mol. The SMILES string of the molecule is COCCn1c(C(C)N2CCN(C(=O)Nc3ccccc3Br)C(C)C2)nc2ccccc2c1=O. The number of amides is 2. The van der Waals surface area contributed by atoms with Gasteiger partial charge in [0, 0.05) is 37.3 Å². The molecule has 1 N–H and O–H groups in total. The first-order chi connectivity index (χ1) is 16.4. The highest BCUT2D eigenvalue weighted by atomic mass is 79.9. The zero-order valence-electron chi connectivity index (χ0n) is 19.7. The summed E-state index contributed by atoms with van der Waals surface area (Å²) < 4.78 is 7.83. The van der Waals surface area contributed by atoms with Crippen LogP contribution in [0.3, 0.4) is 0 Å². The molecular formula is C25H30BrN5O3. The number of rotatable bonds is 6. The van der Waals surface area contributed by atoms with E-state index in [2.05, 4.69) is 33.1 Å². The van der Waals surface area contributed by atoms with E-state index in [-0.39, 0.29) is 23.7 Å². The summed E-state index contributed by atoms with van der Waals surface area (Å²) in [6, 6.07) is 14.8. The minimum absolute atomic E-state index is 0.00158. The number of methoxy groups -OCH3 is 1. The van der Waals surface area contributed by atoms with Crippen LogP contribution < -0.4 is 10.9 Å². The molecule has 0 saturated carbocycles. The summed E-state index contributed by atoms with van der Waals surface area (Å²) in [5.41, 5.74) is 1.39. The Balaban J connectivity index is 1.53. The number of fused-ring (bicyclic) bond motifs is 1. The Bertz CT molecular complexity index is 1230. The third-order valence-corrected chi connectivity index (χ3v) is 7.06. The molecule has 1 saturated heterocycles. The molecule has 8 nitrogen and oxygen atoms in total. The van der Waals surface area contributed by atoms with Crippen LogP contribution in [0.25, 0.3) is 10.9 Å². The lowest BCUT2D eigenvalue weighted by Gasteiger charge is -2.42. The molecule has 0 radical (unpaired) electrons. The number of halogens is 1. The van der Waals surface area contributed by atoms with Crippen LogP contribution >= 0.6 is 15.9 Å². The van der Waals surface area contributed by atoms with Crippen molar-refractivity contribution < 1.29 is 9.53 Å². The summed E-state index contributed by atoms with van der Waals surface area (Å²) in [6.45, 7) is 6.93. The maximum atomic E-state index is 13.2. The molecule has 2 unspecified atom stereocenters. The highest BCUT2D eigenvalue weighted by Crippen LogP contribution is 2.25. The predicted octanol–water partition coefficient (Wildman–Crippen LogP) is 4.10. The van der Waals surface area contributed by atoms with Crippen LogP contribution in [0.4, 0.5) is 10.5 Å². The number of carbonyl (C=O) groups excluding carboxylic acids is 1. The maximum absolute atomic E-state index is 13.2. The number of hydrogen-bond donors (Lipinski definition) is 1. The Morgan fingerprint density at radius 3 is 2.68 bits per heavy atom. The van der Waals surface area contributed by atoms with Crippen molar-refractivity contribution in [3.05, 3.63) is 69.2 Å². The van der Waals surface area contributed by atoms with Gasteiger partial charge in [0.1, 0.15) is 5.82 Å². The fourth-order valence-electron chi connectivity index (χ4n) is 4.45. The van der Waals surface area contributed by atoms with E-state index in [1.807, 2.05) is 60.4 Å². The number of benzene rings is 2. The average Bonchev–Trinajstić information content (AvgIpc) is 2.84. The summed E-state index contributed by atoms with van der Waals surface area (Å²) >= 11 is 3.48. The van der Waals surface area contributed by atoms with Gasteiger partial charge in [-0.1, -0.05) is 24.3 Å². The molecule has 2 heterocycles. The monoisotopic (exact) mass is 527 g/mol. The number of urea groups is 1. The van der Waals surface area contributed by atoms with Gasteiger partial charge in [-0.25, -0.2) is 9.78 Å². The first kappa shape index (κ1) is 24.4. The predicted molar refractivity (Wildman–Crippen MR) is 137 cm³/mol. The molecule has 34 heavy (non-hydrogen) atoms. The summed E-state index contributed by atoms with van der Waals surface area (Å²) in [5.74, 6) is 0.721. The van der Waals surface area contributed by atoms with Crippen LogP contribution in [0.2, 0.25) is 0 Å². The number of nitrogens with one attached hydrogen (secondary N) is 1. The number of piperazine rings is 1. The van der Waals surface area contributed by atoms with Crippen molar-refractivity contribution in [1.29, 1.82) is 0 Å². The molecule has 0 aliphatic carbocycles. The normalized spacial score (nSPS) is 17.6. The molecule has 0 spiro atoms. The van der Waals surface area contributed by atoms with Gasteiger partial charge in [-0.2, -0.15) is 0 Å². The van der Waals surface area contributed by atoms with Gasteiger partial charge < -0.3 is 15.0 Å². The van der Waals surface area contributed by atoms with E-state index in [9.17, 15) is 9.59 Å². The first-order valence-corrected chi connectivity index (χ1v) is 12.2. The van der Waals surface area contributed by atoms with Crippen LogP contribution in [0.1, 0.15) is 25.7 Å². The molecule has 4 rings (SSSR count). The van der Waals surface area contributed by atoms with Gasteiger partial charge in [-0.05, 0) is 54.0 Å². The van der Waals surface area contributed by atoms with Crippen LogP contribution in [0.15, 0.2) is 57.8 Å². The minimum Gasteiger partial charge on any atom is -0.383 e. The third-order valence-electron chi connectivity index (χ3n) is 6.37. The summed E-state index contributed by atoms with van der Waals surface area (Å²) in [7, 11) is 1.63. The molecule has 180 valence electrons. The van der Waals surface area contributed by atoms with Crippen LogP contribution in [0, 0.1) is 0 Å². The first-order valence-electron chi connectivity index (χ1n) is 11.4. The lowest BCUT2D eigenvalue weighted by molar-refractivity contribution is 0.0784. The molecular weight excluding hydrogens is 498 g/mol. The number of para-hydroxylation sites is 2. The Morgan fingerprint density at radius 1 is 1.21 bits per heavy atom. The summed E-state index contributed by atoms with van der Waals surface area (Å²) in [4.78, 5) is 35.2. The lowest BCUT2D eigenvalue weighted by Crippen LogP contribution is -2.55. The summed E-state index contributed by atoms with van der Waals surface area (Å²) in [5, 5.41) is 3.60. The smallest absolute Gasteiger partial charge is 0.322 e. The fraction of sp³-hybridized carbons (Fsp3) is 0.400. The molecule has 0 bridgehead atoms. The number of ether oxygens (including phenoxy) is 1. The topological polar surface area (TPSA) is 79.7 Å². The molecule has 9 heteroatoms. The Hall–Kier alpha value is -2.75. The molecule has 1 aliphatic rings. The highest BCUT2D eigenvalue weighted by Gasteiger charge is 2.32. The largest absolute Gasteiger partial charge is 0.383 e. The lowest BCUT2D eigenvalue weighted by atomic mass is 10.1. The van der Waals surface area contributed by atoms with Gasteiger partial charge in [-0.15, -0.1) is 0 Å². The van der Waals surface area contributed by atoms with Crippen LogP contribution in [-0.4, -0.2) is 64.8 Å². The Kier molecular flexibility index (Phi) is 7.65. The number of nitrogens with zero attached hydrogens (tertiary/aromatic N) is 4. The summed E-state index contributed by atoms with van der Waals surface area (Å²) in [6.07, 6.45) is 0. The van der Waals surface area contributed by atoms with Gasteiger partial charge in [0.15, 0.2) is 0 Å². The Morgan fingerprint density at radius 2 is 1.94 bits per heavy atom. The standard InChI is InChI=1S/C25H30BrN5O3/c1-17-16-29(12-13-30(17)25(33)28-22-11-7-5-9-20(22)26)18(2)23-27-21-10-6-4-8-19(21)24(32)31(23)14-15-34-3/h4-11,17-18H,12-16H2,1-3H3,(H,28,33). The second-order valence-electron chi connectivity index (χ2n) is 8.56. The zero-order chi connectivity index (χ0) is 24.2. The van der Waals surface area contributed by atoms with Crippen molar-refractivity contribution in [3.63, 3.8) is 0 Å². The molecule has 1 aliphatic heterocycles. The van der Waals surface area contributed by atoms with E-state index in [4.69, 9.17) is 9.72 Å². The second kappa shape index (κ2) is 10.7. The number of aromatic nitrogens is 2. The molecule has 3 aromatic rings. The number of anilines is 1. The van der Waals surface area contributed by atoms with Crippen LogP contribution in [-0.2, 0) is 11.3 Å². The van der Waals surface area contributed by atoms with Crippen LogP contribution in [0.5, 0.6) is 0 Å². The molecule has 2 amide bonds. The van der Waals surface area contributed by atoms with Gasteiger partial charge in [0.2, 0.25) is 0 Å². The van der Waals surface area contributed by atoms with E-state index < -0.39 is 0 Å². The van der Waals surface area contributed by atoms with Crippen molar-refractivity contribution in [3.8, 4) is 0 Å². The fourth-order valence-corrected chi connectivity index (χ4v) is 4.84. The van der Waals surface area contributed by atoms with Gasteiger partial charge in [0.05, 0.1) is 35.8 Å².